The number of benzene rings is 1. The Morgan fingerprint density at radius 2 is 2.17 bits per heavy atom. The fraction of sp³-hybridized carbons (Fsp3) is 0.600. The lowest BCUT2D eigenvalue weighted by atomic mass is 10.0. The summed E-state index contributed by atoms with van der Waals surface area (Å²) in [6.07, 6.45) is 4.44. The summed E-state index contributed by atoms with van der Waals surface area (Å²) in [6, 6.07) is 6.21. The quantitative estimate of drug-likeness (QED) is 0.808. The third-order valence-corrected chi connectivity index (χ3v) is 3.45. The first-order valence-corrected chi connectivity index (χ1v) is 6.78. The zero-order valence-corrected chi connectivity index (χ0v) is 11.3. The molecule has 0 aromatic heterocycles. The molecule has 2 N–H and O–H groups in total. The van der Waals surface area contributed by atoms with Gasteiger partial charge in [0.1, 0.15) is 11.5 Å². The standard InChI is InChI=1S/C15H23NO2/c1-3-13(16)8-12-6-7-14(17-2)9-15(12)18-10-11-4-5-11/h6-7,9,11,13H,3-5,8,10,16H2,1-2H3. The maximum absolute atomic E-state index is 6.03. The second-order valence-corrected chi connectivity index (χ2v) is 5.10. The molecule has 1 atom stereocenters. The molecule has 1 aromatic carbocycles. The van der Waals surface area contributed by atoms with Crippen molar-refractivity contribution in [3.8, 4) is 11.5 Å². The van der Waals surface area contributed by atoms with Gasteiger partial charge < -0.3 is 15.2 Å². The highest BCUT2D eigenvalue weighted by Gasteiger charge is 2.22. The third-order valence-electron chi connectivity index (χ3n) is 3.45. The summed E-state index contributed by atoms with van der Waals surface area (Å²) in [6.45, 7) is 2.93. The van der Waals surface area contributed by atoms with Crippen LogP contribution in [0.25, 0.3) is 0 Å². The van der Waals surface area contributed by atoms with Gasteiger partial charge in [-0.15, -0.1) is 0 Å². The molecule has 0 amide bonds. The van der Waals surface area contributed by atoms with Crippen molar-refractivity contribution < 1.29 is 9.47 Å². The van der Waals surface area contributed by atoms with Gasteiger partial charge in [0, 0.05) is 12.1 Å². The summed E-state index contributed by atoms with van der Waals surface area (Å²) in [5.74, 6) is 2.53. The van der Waals surface area contributed by atoms with Gasteiger partial charge in [-0.25, -0.2) is 0 Å². The van der Waals surface area contributed by atoms with E-state index >= 15 is 0 Å². The van der Waals surface area contributed by atoms with E-state index in [0.717, 1.165) is 36.9 Å². The molecule has 1 saturated carbocycles. The van der Waals surface area contributed by atoms with E-state index in [-0.39, 0.29) is 6.04 Å². The van der Waals surface area contributed by atoms with Gasteiger partial charge in [0.25, 0.3) is 0 Å². The molecule has 0 saturated heterocycles. The SMILES string of the molecule is CCC(N)Cc1ccc(OC)cc1OCC1CC1. The second kappa shape index (κ2) is 6.10. The molecule has 1 aliphatic carbocycles. The zero-order chi connectivity index (χ0) is 13.0. The Balaban J connectivity index is 2.08. The van der Waals surface area contributed by atoms with Crippen LogP contribution in [0.3, 0.4) is 0 Å². The van der Waals surface area contributed by atoms with Crippen LogP contribution in [0.5, 0.6) is 11.5 Å². The van der Waals surface area contributed by atoms with Crippen LogP contribution in [0.1, 0.15) is 31.7 Å². The fourth-order valence-electron chi connectivity index (χ4n) is 1.88. The minimum absolute atomic E-state index is 0.196. The Kier molecular flexibility index (Phi) is 4.48. The van der Waals surface area contributed by atoms with Crippen molar-refractivity contribution in [3.63, 3.8) is 0 Å². The summed E-state index contributed by atoms with van der Waals surface area (Å²) in [7, 11) is 1.68. The molecule has 1 fully saturated rings. The Morgan fingerprint density at radius 1 is 1.39 bits per heavy atom. The van der Waals surface area contributed by atoms with Crippen LogP contribution < -0.4 is 15.2 Å². The molecule has 1 unspecified atom stereocenters. The molecule has 100 valence electrons. The maximum atomic E-state index is 6.03. The number of methoxy groups -OCH3 is 1. The van der Waals surface area contributed by atoms with Crippen molar-refractivity contribution in [3.05, 3.63) is 23.8 Å². The summed E-state index contributed by atoms with van der Waals surface area (Å²) >= 11 is 0. The predicted octanol–water partition coefficient (Wildman–Crippen LogP) is 2.76. The normalized spacial score (nSPS) is 16.4. The average Bonchev–Trinajstić information content (AvgIpc) is 3.21. The van der Waals surface area contributed by atoms with Crippen LogP contribution in [0, 0.1) is 5.92 Å². The van der Waals surface area contributed by atoms with E-state index in [0.29, 0.717) is 0 Å². The minimum Gasteiger partial charge on any atom is -0.497 e. The second-order valence-electron chi connectivity index (χ2n) is 5.10. The van der Waals surface area contributed by atoms with Crippen LogP contribution in [-0.2, 0) is 6.42 Å². The molecule has 2 rings (SSSR count). The molecule has 3 heteroatoms. The summed E-state index contributed by atoms with van der Waals surface area (Å²) < 4.78 is 11.2. The van der Waals surface area contributed by atoms with E-state index in [1.807, 2.05) is 12.1 Å². The molecule has 18 heavy (non-hydrogen) atoms. The van der Waals surface area contributed by atoms with Crippen molar-refractivity contribution >= 4 is 0 Å². The van der Waals surface area contributed by atoms with E-state index in [1.54, 1.807) is 7.11 Å². The largest absolute Gasteiger partial charge is 0.497 e. The van der Waals surface area contributed by atoms with Gasteiger partial charge in [-0.3, -0.25) is 0 Å². The lowest BCUT2D eigenvalue weighted by Crippen LogP contribution is -2.21. The van der Waals surface area contributed by atoms with Crippen molar-refractivity contribution in [2.45, 2.75) is 38.6 Å². The van der Waals surface area contributed by atoms with Gasteiger partial charge in [0.05, 0.1) is 13.7 Å². The van der Waals surface area contributed by atoms with Crippen LogP contribution in [0.15, 0.2) is 18.2 Å². The number of hydrogen-bond donors (Lipinski definition) is 1. The first-order chi connectivity index (χ1) is 8.72. The first kappa shape index (κ1) is 13.2. The minimum atomic E-state index is 0.196. The molecular formula is C15H23NO2. The molecule has 0 aliphatic heterocycles. The molecular weight excluding hydrogens is 226 g/mol. The van der Waals surface area contributed by atoms with Gasteiger partial charge >= 0.3 is 0 Å². The molecule has 0 radical (unpaired) electrons. The zero-order valence-electron chi connectivity index (χ0n) is 11.3. The van der Waals surface area contributed by atoms with E-state index in [1.165, 1.54) is 18.4 Å². The highest BCUT2D eigenvalue weighted by Crippen LogP contribution is 2.32. The summed E-state index contributed by atoms with van der Waals surface area (Å²) in [5, 5.41) is 0. The monoisotopic (exact) mass is 249 g/mol. The van der Waals surface area contributed by atoms with Crippen molar-refractivity contribution in [2.75, 3.05) is 13.7 Å². The van der Waals surface area contributed by atoms with E-state index in [2.05, 4.69) is 13.0 Å². The molecule has 3 nitrogen and oxygen atoms in total. The van der Waals surface area contributed by atoms with Gasteiger partial charge in [0.2, 0.25) is 0 Å². The number of nitrogens with two attached hydrogens (primary N) is 1. The van der Waals surface area contributed by atoms with Crippen LogP contribution >= 0.6 is 0 Å². The topological polar surface area (TPSA) is 44.5 Å². The number of rotatable bonds is 7. The highest BCUT2D eigenvalue weighted by molar-refractivity contribution is 5.41. The Morgan fingerprint density at radius 3 is 2.78 bits per heavy atom. The van der Waals surface area contributed by atoms with Crippen molar-refractivity contribution in [2.24, 2.45) is 11.7 Å². The van der Waals surface area contributed by atoms with Gasteiger partial charge in [-0.05, 0) is 43.2 Å². The molecule has 0 spiro atoms. The lowest BCUT2D eigenvalue weighted by molar-refractivity contribution is 0.294. The van der Waals surface area contributed by atoms with E-state index in [4.69, 9.17) is 15.2 Å². The third kappa shape index (κ3) is 3.64. The molecule has 0 heterocycles. The van der Waals surface area contributed by atoms with Crippen LogP contribution in [0.4, 0.5) is 0 Å². The van der Waals surface area contributed by atoms with Crippen LogP contribution in [-0.4, -0.2) is 19.8 Å². The Hall–Kier alpha value is -1.22. The van der Waals surface area contributed by atoms with E-state index < -0.39 is 0 Å². The van der Waals surface area contributed by atoms with Gasteiger partial charge in [-0.2, -0.15) is 0 Å². The van der Waals surface area contributed by atoms with Crippen molar-refractivity contribution in [1.29, 1.82) is 0 Å². The smallest absolute Gasteiger partial charge is 0.126 e. The van der Waals surface area contributed by atoms with Gasteiger partial charge in [0.15, 0.2) is 0 Å². The number of hydrogen-bond acceptors (Lipinski definition) is 3. The molecule has 1 aromatic rings. The Bertz CT molecular complexity index is 388. The highest BCUT2D eigenvalue weighted by atomic mass is 16.5. The predicted molar refractivity (Wildman–Crippen MR) is 73.2 cm³/mol. The van der Waals surface area contributed by atoms with E-state index in [9.17, 15) is 0 Å². The van der Waals surface area contributed by atoms with Gasteiger partial charge in [-0.1, -0.05) is 13.0 Å². The summed E-state index contributed by atoms with van der Waals surface area (Å²) in [4.78, 5) is 0. The lowest BCUT2D eigenvalue weighted by Gasteiger charge is -2.15. The summed E-state index contributed by atoms with van der Waals surface area (Å²) in [5.41, 5.74) is 7.21. The fourth-order valence-corrected chi connectivity index (χ4v) is 1.88. The Labute approximate surface area is 109 Å². The van der Waals surface area contributed by atoms with Crippen molar-refractivity contribution in [1.82, 2.24) is 0 Å². The first-order valence-electron chi connectivity index (χ1n) is 6.78. The number of ether oxygens (including phenoxy) is 2. The average molecular weight is 249 g/mol. The maximum Gasteiger partial charge on any atom is 0.126 e. The molecule has 1 aliphatic rings. The molecule has 0 bridgehead atoms. The van der Waals surface area contributed by atoms with Crippen LogP contribution in [0.2, 0.25) is 0 Å².